The quantitative estimate of drug-likeness (QED) is 0.568. The smallest absolute Gasteiger partial charge is 0.303 e. The topological polar surface area (TPSA) is 69.6 Å². The molecule has 0 amide bonds. The highest BCUT2D eigenvalue weighted by Crippen LogP contribution is 2.23. The van der Waals surface area contributed by atoms with Crippen molar-refractivity contribution in [2.75, 3.05) is 13.1 Å². The van der Waals surface area contributed by atoms with Crippen molar-refractivity contribution in [2.45, 2.75) is 57.5 Å². The third-order valence-electron chi connectivity index (χ3n) is 3.43. The Labute approximate surface area is 103 Å². The molecule has 1 saturated carbocycles. The summed E-state index contributed by atoms with van der Waals surface area (Å²) in [5.41, 5.74) is 0. The van der Waals surface area contributed by atoms with Gasteiger partial charge < -0.3 is 15.5 Å². The van der Waals surface area contributed by atoms with Gasteiger partial charge in [0.05, 0.1) is 6.10 Å². The lowest BCUT2D eigenvalue weighted by molar-refractivity contribution is -0.137. The van der Waals surface area contributed by atoms with Gasteiger partial charge in [-0.3, -0.25) is 4.79 Å². The fraction of sp³-hybridized carbons (Fsp3) is 0.923. The number of carbonyl (C=O) groups is 1. The van der Waals surface area contributed by atoms with Crippen LogP contribution >= 0.6 is 0 Å². The Hall–Kier alpha value is -0.610. The third-order valence-corrected chi connectivity index (χ3v) is 3.43. The van der Waals surface area contributed by atoms with Crippen LogP contribution in [0.3, 0.4) is 0 Å². The van der Waals surface area contributed by atoms with E-state index < -0.39 is 5.97 Å². The van der Waals surface area contributed by atoms with E-state index in [4.69, 9.17) is 5.11 Å². The minimum Gasteiger partial charge on any atom is -0.481 e. The van der Waals surface area contributed by atoms with Gasteiger partial charge in [0.25, 0.3) is 0 Å². The van der Waals surface area contributed by atoms with Crippen molar-refractivity contribution in [3.63, 3.8) is 0 Å². The maximum absolute atomic E-state index is 10.3. The van der Waals surface area contributed by atoms with Crippen molar-refractivity contribution < 1.29 is 15.0 Å². The predicted molar refractivity (Wildman–Crippen MR) is 66.9 cm³/mol. The molecule has 0 aliphatic heterocycles. The van der Waals surface area contributed by atoms with Crippen LogP contribution < -0.4 is 5.32 Å². The SMILES string of the molecule is O=C(O)CCCCCNCC1CCCC(O)C1. The van der Waals surface area contributed by atoms with E-state index in [1.54, 1.807) is 0 Å². The largest absolute Gasteiger partial charge is 0.481 e. The summed E-state index contributed by atoms with van der Waals surface area (Å²) in [7, 11) is 0. The number of hydrogen-bond acceptors (Lipinski definition) is 3. The Balaban J connectivity index is 1.88. The molecule has 1 fully saturated rings. The summed E-state index contributed by atoms with van der Waals surface area (Å²) >= 11 is 0. The predicted octanol–water partition coefficient (Wildman–Crippen LogP) is 1.77. The lowest BCUT2D eigenvalue weighted by Crippen LogP contribution is -2.29. The zero-order valence-corrected chi connectivity index (χ0v) is 10.5. The average Bonchev–Trinajstić information content (AvgIpc) is 2.27. The summed E-state index contributed by atoms with van der Waals surface area (Å²) < 4.78 is 0. The maximum atomic E-state index is 10.3. The molecule has 1 aliphatic rings. The van der Waals surface area contributed by atoms with Gasteiger partial charge >= 0.3 is 5.97 Å². The summed E-state index contributed by atoms with van der Waals surface area (Å²) in [6.45, 7) is 1.96. The average molecular weight is 243 g/mol. The zero-order chi connectivity index (χ0) is 12.5. The van der Waals surface area contributed by atoms with Gasteiger partial charge in [0.15, 0.2) is 0 Å². The summed E-state index contributed by atoms with van der Waals surface area (Å²) in [5, 5.41) is 21.4. The van der Waals surface area contributed by atoms with Crippen LogP contribution in [0.2, 0.25) is 0 Å². The number of aliphatic hydroxyl groups is 1. The summed E-state index contributed by atoms with van der Waals surface area (Å²) in [6.07, 6.45) is 7.27. The summed E-state index contributed by atoms with van der Waals surface area (Å²) in [4.78, 5) is 10.3. The van der Waals surface area contributed by atoms with E-state index >= 15 is 0 Å². The fourth-order valence-corrected chi connectivity index (χ4v) is 2.46. The van der Waals surface area contributed by atoms with Crippen LogP contribution in [-0.2, 0) is 4.79 Å². The van der Waals surface area contributed by atoms with Crippen molar-refractivity contribution in [1.82, 2.24) is 5.32 Å². The molecule has 0 bridgehead atoms. The number of aliphatic hydroxyl groups excluding tert-OH is 1. The second-order valence-corrected chi connectivity index (χ2v) is 5.09. The number of rotatable bonds is 8. The molecule has 0 aromatic carbocycles. The first-order valence-electron chi connectivity index (χ1n) is 6.79. The van der Waals surface area contributed by atoms with Crippen LogP contribution in [0, 0.1) is 5.92 Å². The first kappa shape index (κ1) is 14.5. The van der Waals surface area contributed by atoms with Gasteiger partial charge in [-0.05, 0) is 51.1 Å². The maximum Gasteiger partial charge on any atom is 0.303 e. The molecule has 0 saturated heterocycles. The molecule has 0 spiro atoms. The van der Waals surface area contributed by atoms with Gasteiger partial charge in [-0.2, -0.15) is 0 Å². The number of hydrogen-bond donors (Lipinski definition) is 3. The normalized spacial score (nSPS) is 24.8. The van der Waals surface area contributed by atoms with Crippen molar-refractivity contribution in [3.05, 3.63) is 0 Å². The minimum atomic E-state index is -0.700. The second kappa shape index (κ2) is 8.48. The molecule has 0 aromatic heterocycles. The van der Waals surface area contributed by atoms with Gasteiger partial charge in [0, 0.05) is 6.42 Å². The van der Waals surface area contributed by atoms with Crippen molar-refractivity contribution in [1.29, 1.82) is 0 Å². The zero-order valence-electron chi connectivity index (χ0n) is 10.5. The molecule has 1 rings (SSSR count). The Morgan fingerprint density at radius 1 is 1.24 bits per heavy atom. The van der Waals surface area contributed by atoms with Crippen molar-refractivity contribution >= 4 is 5.97 Å². The van der Waals surface area contributed by atoms with Gasteiger partial charge in [-0.1, -0.05) is 12.8 Å². The van der Waals surface area contributed by atoms with Gasteiger partial charge in [0.2, 0.25) is 0 Å². The number of carboxylic acid groups (broad SMARTS) is 1. The highest BCUT2D eigenvalue weighted by Gasteiger charge is 2.19. The van der Waals surface area contributed by atoms with E-state index in [0.29, 0.717) is 5.92 Å². The third kappa shape index (κ3) is 7.34. The first-order chi connectivity index (χ1) is 8.18. The molecule has 100 valence electrons. The number of nitrogens with one attached hydrogen (secondary N) is 1. The molecular weight excluding hydrogens is 218 g/mol. The van der Waals surface area contributed by atoms with E-state index in [1.807, 2.05) is 0 Å². The molecule has 3 N–H and O–H groups in total. The van der Waals surface area contributed by atoms with Crippen LogP contribution in [-0.4, -0.2) is 35.4 Å². The highest BCUT2D eigenvalue weighted by atomic mass is 16.4. The van der Waals surface area contributed by atoms with Crippen LogP contribution in [0.1, 0.15) is 51.4 Å². The van der Waals surface area contributed by atoms with E-state index in [9.17, 15) is 9.90 Å². The summed E-state index contributed by atoms with van der Waals surface area (Å²) in [6, 6.07) is 0. The number of carboxylic acids is 1. The molecule has 2 atom stereocenters. The van der Waals surface area contributed by atoms with E-state index in [-0.39, 0.29) is 12.5 Å². The molecule has 0 aromatic rings. The highest BCUT2D eigenvalue weighted by molar-refractivity contribution is 5.66. The van der Waals surface area contributed by atoms with Crippen LogP contribution in [0.4, 0.5) is 0 Å². The Morgan fingerprint density at radius 2 is 2.06 bits per heavy atom. The van der Waals surface area contributed by atoms with Gasteiger partial charge in [-0.25, -0.2) is 0 Å². The van der Waals surface area contributed by atoms with E-state index in [2.05, 4.69) is 5.32 Å². The molecule has 4 heteroatoms. The summed E-state index contributed by atoms with van der Waals surface area (Å²) in [5.74, 6) is -0.0769. The molecule has 1 aliphatic carbocycles. The minimum absolute atomic E-state index is 0.0916. The number of unbranched alkanes of at least 4 members (excludes halogenated alkanes) is 2. The molecule has 2 unspecified atom stereocenters. The van der Waals surface area contributed by atoms with Gasteiger partial charge in [0.1, 0.15) is 0 Å². The molecule has 0 heterocycles. The van der Waals surface area contributed by atoms with E-state index in [0.717, 1.165) is 51.6 Å². The first-order valence-corrected chi connectivity index (χ1v) is 6.79. The molecular formula is C13H25NO3. The van der Waals surface area contributed by atoms with Crippen molar-refractivity contribution in [3.8, 4) is 0 Å². The van der Waals surface area contributed by atoms with Crippen LogP contribution in [0.25, 0.3) is 0 Å². The lowest BCUT2D eigenvalue weighted by atomic mass is 9.87. The van der Waals surface area contributed by atoms with E-state index in [1.165, 1.54) is 6.42 Å². The Morgan fingerprint density at radius 3 is 2.76 bits per heavy atom. The number of aliphatic carboxylic acids is 1. The molecule has 4 nitrogen and oxygen atoms in total. The van der Waals surface area contributed by atoms with Crippen LogP contribution in [0.15, 0.2) is 0 Å². The molecule has 17 heavy (non-hydrogen) atoms. The van der Waals surface area contributed by atoms with Crippen molar-refractivity contribution in [2.24, 2.45) is 5.92 Å². The Bertz CT molecular complexity index is 221. The second-order valence-electron chi connectivity index (χ2n) is 5.09. The standard InChI is InChI=1S/C13H25NO3/c15-12-6-4-5-11(9-12)10-14-8-3-1-2-7-13(16)17/h11-12,14-15H,1-10H2,(H,16,17). The fourth-order valence-electron chi connectivity index (χ4n) is 2.46. The van der Waals surface area contributed by atoms with Crippen LogP contribution in [0.5, 0.6) is 0 Å². The van der Waals surface area contributed by atoms with Gasteiger partial charge in [-0.15, -0.1) is 0 Å². The molecule has 0 radical (unpaired) electrons. The monoisotopic (exact) mass is 243 g/mol. The lowest BCUT2D eigenvalue weighted by Gasteiger charge is -2.25. The Kier molecular flexibility index (Phi) is 7.21.